The summed E-state index contributed by atoms with van der Waals surface area (Å²) in [4.78, 5) is 43.5. The van der Waals surface area contributed by atoms with Crippen molar-refractivity contribution in [2.24, 2.45) is 35.4 Å². The molecule has 5 rings (SSSR count). The van der Waals surface area contributed by atoms with Gasteiger partial charge in [0.25, 0.3) is 0 Å². The lowest BCUT2D eigenvalue weighted by Gasteiger charge is -2.31. The second-order valence-corrected chi connectivity index (χ2v) is 19.9. The van der Waals surface area contributed by atoms with Gasteiger partial charge in [0.15, 0.2) is 5.78 Å². The summed E-state index contributed by atoms with van der Waals surface area (Å²) in [5.41, 5.74) is 3.49. The number of hydrogen-bond acceptors (Lipinski definition) is 14. The van der Waals surface area contributed by atoms with Crippen molar-refractivity contribution in [1.82, 2.24) is 40.0 Å². The number of ether oxygens (including phenoxy) is 2. The van der Waals surface area contributed by atoms with Gasteiger partial charge in [0.1, 0.15) is 11.6 Å². The van der Waals surface area contributed by atoms with Gasteiger partial charge < -0.3 is 29.4 Å². The summed E-state index contributed by atoms with van der Waals surface area (Å²) in [6.07, 6.45) is 22.2. The number of rotatable bonds is 18. The largest absolute Gasteiger partial charge is 0.383 e. The first kappa shape index (κ1) is 68.5. The SMILES string of the molecule is CCC1CCN(C/C(=C\N(C)C)C(C)=O)CC1.CCC1CCN(CCC(C)=O)CC1.CCC1CCN(Cc2cn[nH]c2C)CC1.CCC1CCNCC1.CCCC(C)=O.COC(OC)N(C)C.NN. The van der Waals surface area contributed by atoms with Crippen molar-refractivity contribution >= 4 is 17.3 Å². The first-order valence-electron chi connectivity index (χ1n) is 26.7. The van der Waals surface area contributed by atoms with Crippen LogP contribution >= 0.6 is 0 Å². The topological polar surface area (TPSA) is 179 Å². The Labute approximate surface area is 423 Å². The fraction of sp³-hybridized carbons (Fsp3) is 0.852. The van der Waals surface area contributed by atoms with Gasteiger partial charge in [-0.3, -0.25) is 41.1 Å². The first-order valence-corrected chi connectivity index (χ1v) is 26.7. The second kappa shape index (κ2) is 44.1. The molecule has 69 heavy (non-hydrogen) atoms. The number of nitrogens with two attached hydrogens (primary N) is 2. The maximum atomic E-state index is 11.6. The quantitative estimate of drug-likeness (QED) is 0.0478. The van der Waals surface area contributed by atoms with Crippen LogP contribution in [0, 0.1) is 30.6 Å². The number of H-pyrrole nitrogens is 1. The predicted octanol–water partition coefficient (Wildman–Crippen LogP) is 8.29. The van der Waals surface area contributed by atoms with E-state index in [4.69, 9.17) is 9.47 Å². The Morgan fingerprint density at radius 3 is 1.41 bits per heavy atom. The smallest absolute Gasteiger partial charge is 0.217 e. The average Bonchev–Trinajstić information content (AvgIpc) is 3.76. The summed E-state index contributed by atoms with van der Waals surface area (Å²) >= 11 is 0. The molecule has 0 saturated carbocycles. The molecule has 0 aliphatic carbocycles. The number of hydrogen-bond donors (Lipinski definition) is 4. The number of methoxy groups -OCH3 is 2. The van der Waals surface area contributed by atoms with Gasteiger partial charge in [-0.25, -0.2) is 0 Å². The van der Waals surface area contributed by atoms with Crippen molar-refractivity contribution in [1.29, 1.82) is 0 Å². The lowest BCUT2D eigenvalue weighted by Crippen LogP contribution is -2.36. The molecule has 0 unspecified atom stereocenters. The lowest BCUT2D eigenvalue weighted by molar-refractivity contribution is -0.179. The number of Topliss-reactive ketones (excluding diaryl/α,β-unsaturated/α-hetero) is 3. The van der Waals surface area contributed by atoms with E-state index in [9.17, 15) is 14.4 Å². The molecule has 4 aliphatic heterocycles. The highest BCUT2D eigenvalue weighted by Crippen LogP contribution is 2.23. The van der Waals surface area contributed by atoms with E-state index in [2.05, 4.69) is 76.5 Å². The molecule has 0 radical (unpaired) electrons. The van der Waals surface area contributed by atoms with Crippen molar-refractivity contribution in [3.8, 4) is 0 Å². The van der Waals surface area contributed by atoms with Crippen LogP contribution in [0.3, 0.4) is 0 Å². The van der Waals surface area contributed by atoms with Crippen molar-refractivity contribution < 1.29 is 23.9 Å². The minimum atomic E-state index is -0.213. The van der Waals surface area contributed by atoms with E-state index < -0.39 is 0 Å². The van der Waals surface area contributed by atoms with Crippen LogP contribution in [0.2, 0.25) is 0 Å². The number of aromatic nitrogens is 2. The van der Waals surface area contributed by atoms with Gasteiger partial charge in [0.05, 0.1) is 6.20 Å². The molecule has 0 amide bonds. The molecule has 4 saturated heterocycles. The number of carbonyl (C=O) groups excluding carboxylic acids is 3. The number of nitrogens with zero attached hydrogens (tertiary/aromatic N) is 6. The second-order valence-electron chi connectivity index (χ2n) is 19.9. The summed E-state index contributed by atoms with van der Waals surface area (Å²) in [6, 6.07) is 0. The number of carbonyl (C=O) groups is 3. The van der Waals surface area contributed by atoms with Crippen molar-refractivity contribution in [2.45, 2.75) is 172 Å². The number of hydrazine groups is 1. The van der Waals surface area contributed by atoms with E-state index in [1.165, 1.54) is 128 Å². The van der Waals surface area contributed by atoms with Gasteiger partial charge in [-0.05, 0) is 176 Å². The third-order valence-corrected chi connectivity index (χ3v) is 13.7. The van der Waals surface area contributed by atoms with Gasteiger partial charge in [-0.15, -0.1) is 0 Å². The Bertz CT molecular complexity index is 1390. The number of aromatic amines is 1. The summed E-state index contributed by atoms with van der Waals surface area (Å²) in [5.74, 6) is 12.6. The monoisotopic (exact) mass is 979 g/mol. The summed E-state index contributed by atoms with van der Waals surface area (Å²) in [5, 5.41) is 10.4. The van der Waals surface area contributed by atoms with Crippen molar-refractivity contribution in [3.05, 3.63) is 29.2 Å². The minimum absolute atomic E-state index is 0.191. The summed E-state index contributed by atoms with van der Waals surface area (Å²) in [7, 11) is 10.9. The molecule has 0 bridgehead atoms. The molecule has 5 heterocycles. The third-order valence-electron chi connectivity index (χ3n) is 13.7. The molecule has 4 fully saturated rings. The van der Waals surface area contributed by atoms with Crippen molar-refractivity contribution in [3.63, 3.8) is 0 Å². The van der Waals surface area contributed by atoms with Gasteiger partial charge in [0, 0.05) is 83.8 Å². The molecule has 15 heteroatoms. The fourth-order valence-electron chi connectivity index (χ4n) is 8.77. The molecular weight excluding hydrogens is 869 g/mol. The average molecular weight is 980 g/mol. The maximum absolute atomic E-state index is 11.6. The highest BCUT2D eigenvalue weighted by molar-refractivity contribution is 5.93. The van der Waals surface area contributed by atoms with Crippen LogP contribution in [-0.2, 0) is 30.4 Å². The lowest BCUT2D eigenvalue weighted by atomic mass is 9.94. The molecule has 0 spiro atoms. The number of ketones is 3. The number of nitrogens with one attached hydrogen (secondary N) is 2. The minimum Gasteiger partial charge on any atom is -0.383 e. The molecule has 0 aromatic carbocycles. The zero-order chi connectivity index (χ0) is 52.6. The van der Waals surface area contributed by atoms with Gasteiger partial charge >= 0.3 is 0 Å². The van der Waals surface area contributed by atoms with Gasteiger partial charge in [-0.2, -0.15) is 5.10 Å². The summed E-state index contributed by atoms with van der Waals surface area (Å²) < 4.78 is 9.73. The molecule has 4 aliphatic rings. The zero-order valence-corrected chi connectivity index (χ0v) is 47.3. The van der Waals surface area contributed by atoms with Crippen LogP contribution in [0.5, 0.6) is 0 Å². The van der Waals surface area contributed by atoms with Gasteiger partial charge in [-0.1, -0.05) is 60.3 Å². The van der Waals surface area contributed by atoms with Crippen LogP contribution in [0.15, 0.2) is 18.0 Å². The zero-order valence-electron chi connectivity index (χ0n) is 47.3. The fourth-order valence-corrected chi connectivity index (χ4v) is 8.77. The van der Waals surface area contributed by atoms with E-state index >= 15 is 0 Å². The van der Waals surface area contributed by atoms with E-state index in [0.717, 1.165) is 81.2 Å². The molecule has 406 valence electrons. The van der Waals surface area contributed by atoms with E-state index in [-0.39, 0.29) is 18.0 Å². The third kappa shape index (κ3) is 36.0. The van der Waals surface area contributed by atoms with E-state index in [0.29, 0.717) is 5.78 Å². The van der Waals surface area contributed by atoms with Crippen LogP contribution in [0.25, 0.3) is 0 Å². The van der Waals surface area contributed by atoms with E-state index in [1.54, 1.807) is 35.0 Å². The van der Waals surface area contributed by atoms with Crippen LogP contribution in [-0.4, -0.2) is 166 Å². The maximum Gasteiger partial charge on any atom is 0.217 e. The first-order chi connectivity index (χ1) is 33.0. The Morgan fingerprint density at radius 2 is 1.12 bits per heavy atom. The Kier molecular flexibility index (Phi) is 43.8. The Hall–Kier alpha value is -2.60. The van der Waals surface area contributed by atoms with E-state index in [1.807, 2.05) is 57.3 Å². The number of piperidine rings is 4. The number of aryl methyl sites for hydroxylation is 1. The molecule has 1 aromatic heterocycles. The molecular formula is C54H110N10O5. The standard InChI is InChI=1S/C14H26N2O.C12H21N3.C11H21NO.C7H15N.C5H13NO2.C5H10O.H4N2/c1-5-13-6-8-16(9-7-13)11-14(12(2)17)10-15(3)4;1-3-11-4-6-15(7-5-11)9-12-8-13-14-10(12)2;1-3-11-5-8-12(9-6-11)7-4-10(2)13;1-2-7-3-5-8-6-4-7;1-6(2)5(7-3)8-4;1-3-4-5(2)6;1-2/h10,13H,5-9,11H2,1-4H3;8,11H,3-7,9H2,1-2H3,(H,13,14);11H,3-9H2,1-2H3;7-8H,2-6H2,1H3;5H,1-4H3;3-4H2,1-2H3;1-2H2/b14-10+;;;;;;. The normalized spacial score (nSPS) is 17.8. The van der Waals surface area contributed by atoms with Crippen LogP contribution < -0.4 is 17.0 Å². The van der Waals surface area contributed by atoms with Gasteiger partial charge in [0.2, 0.25) is 6.41 Å². The summed E-state index contributed by atoms with van der Waals surface area (Å²) in [6.45, 7) is 30.7. The predicted molar refractivity (Wildman–Crippen MR) is 290 cm³/mol. The van der Waals surface area contributed by atoms with Crippen molar-refractivity contribution in [2.75, 3.05) is 108 Å². The van der Waals surface area contributed by atoms with Crippen LogP contribution in [0.4, 0.5) is 0 Å². The number of likely N-dealkylation sites (tertiary alicyclic amines) is 3. The van der Waals surface area contributed by atoms with Crippen LogP contribution in [0.1, 0.15) is 163 Å². The molecule has 15 nitrogen and oxygen atoms in total. The molecule has 6 N–H and O–H groups in total. The highest BCUT2D eigenvalue weighted by atomic mass is 16.7. The Morgan fingerprint density at radius 1 is 0.696 bits per heavy atom. The molecule has 1 aromatic rings. The molecule has 0 atom stereocenters. The highest BCUT2D eigenvalue weighted by Gasteiger charge is 2.21. The Balaban J connectivity index is 0.